The number of rotatable bonds is 7. The summed E-state index contributed by atoms with van der Waals surface area (Å²) in [6.45, 7) is 5.48. The van der Waals surface area contributed by atoms with Gasteiger partial charge in [-0.1, -0.05) is 31.9 Å². The molecule has 7 nitrogen and oxygen atoms in total. The van der Waals surface area contributed by atoms with Crippen molar-refractivity contribution in [2.24, 2.45) is 0 Å². The van der Waals surface area contributed by atoms with Gasteiger partial charge < -0.3 is 20.1 Å². The maximum absolute atomic E-state index is 12.7. The lowest BCUT2D eigenvalue weighted by Gasteiger charge is -2.35. The predicted molar refractivity (Wildman–Crippen MR) is 115 cm³/mol. The molecule has 2 amide bonds. The Morgan fingerprint density at radius 2 is 1.93 bits per heavy atom. The highest BCUT2D eigenvalue weighted by atomic mass is 16.5. The van der Waals surface area contributed by atoms with Crippen molar-refractivity contribution in [3.63, 3.8) is 0 Å². The van der Waals surface area contributed by atoms with Crippen molar-refractivity contribution in [3.8, 4) is 5.75 Å². The molecule has 2 aliphatic heterocycles. The van der Waals surface area contributed by atoms with E-state index in [0.29, 0.717) is 30.8 Å². The molecule has 30 heavy (non-hydrogen) atoms. The fourth-order valence-corrected chi connectivity index (χ4v) is 4.35. The first kappa shape index (κ1) is 22.2. The molecule has 1 aromatic rings. The molecule has 1 fully saturated rings. The van der Waals surface area contributed by atoms with Gasteiger partial charge in [0.1, 0.15) is 5.75 Å². The van der Waals surface area contributed by atoms with Gasteiger partial charge in [-0.25, -0.2) is 9.59 Å². The number of urea groups is 1. The molecule has 0 spiro atoms. The predicted octanol–water partition coefficient (Wildman–Crippen LogP) is 3.52. The molecular weight excluding hydrogens is 382 g/mol. The lowest BCUT2D eigenvalue weighted by atomic mass is 9.97. The molecule has 0 unspecified atom stereocenters. The summed E-state index contributed by atoms with van der Waals surface area (Å²) in [4.78, 5) is 27.3. The van der Waals surface area contributed by atoms with Crippen LogP contribution in [0.4, 0.5) is 4.79 Å². The van der Waals surface area contributed by atoms with Crippen molar-refractivity contribution in [2.75, 3.05) is 26.8 Å². The van der Waals surface area contributed by atoms with Gasteiger partial charge in [-0.05, 0) is 50.4 Å². The topological polar surface area (TPSA) is 79.9 Å². The zero-order valence-electron chi connectivity index (χ0n) is 18.2. The molecular formula is C23H33N3O4. The van der Waals surface area contributed by atoms with Crippen LogP contribution in [-0.2, 0) is 9.53 Å². The number of carbonyl (C=O) groups is 2. The van der Waals surface area contributed by atoms with Gasteiger partial charge >= 0.3 is 12.0 Å². The van der Waals surface area contributed by atoms with Crippen molar-refractivity contribution < 1.29 is 19.1 Å². The molecule has 7 heteroatoms. The van der Waals surface area contributed by atoms with Crippen LogP contribution in [0.15, 0.2) is 35.5 Å². The van der Waals surface area contributed by atoms with Gasteiger partial charge in [0.2, 0.25) is 0 Å². The van der Waals surface area contributed by atoms with Crippen LogP contribution >= 0.6 is 0 Å². The Morgan fingerprint density at radius 3 is 2.60 bits per heavy atom. The molecule has 2 atom stereocenters. The van der Waals surface area contributed by atoms with Crippen molar-refractivity contribution in [2.45, 2.75) is 58.0 Å². The molecule has 2 heterocycles. The van der Waals surface area contributed by atoms with Crippen LogP contribution in [0.2, 0.25) is 0 Å². The number of methoxy groups -OCH3 is 1. The summed E-state index contributed by atoms with van der Waals surface area (Å²) in [5, 5.41) is 5.74. The molecule has 2 aliphatic rings. The maximum Gasteiger partial charge on any atom is 0.337 e. The SMILES string of the molecule is CCOC(=O)C1=C(CN2CCCCC[C@@H]2c2ccc(OC)cc2)NC(=O)N[C@@H]1CC. The van der Waals surface area contributed by atoms with E-state index in [1.807, 2.05) is 19.1 Å². The molecule has 0 saturated carbocycles. The number of hydrogen-bond acceptors (Lipinski definition) is 5. The van der Waals surface area contributed by atoms with Gasteiger partial charge in [-0.3, -0.25) is 4.90 Å². The summed E-state index contributed by atoms with van der Waals surface area (Å²) >= 11 is 0. The fraction of sp³-hybridized carbons (Fsp3) is 0.565. The molecule has 164 valence electrons. The van der Waals surface area contributed by atoms with Crippen LogP contribution in [0.1, 0.15) is 57.6 Å². The van der Waals surface area contributed by atoms with Crippen LogP contribution < -0.4 is 15.4 Å². The molecule has 0 bridgehead atoms. The smallest absolute Gasteiger partial charge is 0.337 e. The number of nitrogens with one attached hydrogen (secondary N) is 2. The minimum atomic E-state index is -0.359. The van der Waals surface area contributed by atoms with E-state index < -0.39 is 0 Å². The van der Waals surface area contributed by atoms with E-state index in [-0.39, 0.29) is 24.1 Å². The Bertz CT molecular complexity index is 775. The molecule has 0 radical (unpaired) electrons. The number of carbonyl (C=O) groups excluding carboxylic acids is 2. The molecule has 1 saturated heterocycles. The van der Waals surface area contributed by atoms with Crippen LogP contribution in [-0.4, -0.2) is 49.7 Å². The molecule has 2 N–H and O–H groups in total. The monoisotopic (exact) mass is 415 g/mol. The lowest BCUT2D eigenvalue weighted by molar-refractivity contribution is -0.139. The Hall–Kier alpha value is -2.54. The van der Waals surface area contributed by atoms with E-state index in [1.54, 1.807) is 14.0 Å². The zero-order chi connectivity index (χ0) is 21.5. The molecule has 1 aromatic carbocycles. The second-order valence-electron chi connectivity index (χ2n) is 7.78. The number of likely N-dealkylation sites (tertiary alicyclic amines) is 1. The molecule has 0 aromatic heterocycles. The number of nitrogens with zero attached hydrogens (tertiary/aromatic N) is 1. The van der Waals surface area contributed by atoms with Crippen LogP contribution in [0.5, 0.6) is 5.75 Å². The third-order valence-corrected chi connectivity index (χ3v) is 5.87. The minimum Gasteiger partial charge on any atom is -0.497 e. The molecule has 3 rings (SSSR count). The van der Waals surface area contributed by atoms with E-state index in [9.17, 15) is 9.59 Å². The Morgan fingerprint density at radius 1 is 1.17 bits per heavy atom. The number of amides is 2. The third-order valence-electron chi connectivity index (χ3n) is 5.87. The van der Waals surface area contributed by atoms with Gasteiger partial charge in [0.15, 0.2) is 0 Å². The average Bonchev–Trinajstić information content (AvgIpc) is 2.99. The van der Waals surface area contributed by atoms with Gasteiger partial charge in [-0.15, -0.1) is 0 Å². The van der Waals surface area contributed by atoms with Gasteiger partial charge in [-0.2, -0.15) is 0 Å². The summed E-state index contributed by atoms with van der Waals surface area (Å²) in [6.07, 6.45) is 5.10. The van der Waals surface area contributed by atoms with Gasteiger partial charge in [0.05, 0.1) is 25.3 Å². The first-order chi connectivity index (χ1) is 14.6. The highest BCUT2D eigenvalue weighted by Gasteiger charge is 2.33. The second kappa shape index (κ2) is 10.5. The summed E-state index contributed by atoms with van der Waals surface area (Å²) in [5.74, 6) is 0.477. The lowest BCUT2D eigenvalue weighted by Crippen LogP contribution is -2.52. The van der Waals surface area contributed by atoms with Gasteiger partial charge in [0, 0.05) is 18.3 Å². The highest BCUT2D eigenvalue weighted by molar-refractivity contribution is 5.94. The van der Waals surface area contributed by atoms with Crippen molar-refractivity contribution in [1.82, 2.24) is 15.5 Å². The van der Waals surface area contributed by atoms with Crippen molar-refractivity contribution in [1.29, 1.82) is 0 Å². The quantitative estimate of drug-likeness (QED) is 0.666. The van der Waals surface area contributed by atoms with Crippen molar-refractivity contribution >= 4 is 12.0 Å². The van der Waals surface area contributed by atoms with E-state index in [1.165, 1.54) is 12.0 Å². The average molecular weight is 416 g/mol. The standard InChI is InChI=1S/C23H33N3O4/c1-4-18-21(22(27)30-5-2)19(25-23(28)24-18)15-26-14-8-6-7-9-20(26)16-10-12-17(29-3)13-11-16/h10-13,18,20H,4-9,14-15H2,1-3H3,(H2,24,25,28)/t18-,20-/m1/s1. The zero-order valence-corrected chi connectivity index (χ0v) is 18.2. The minimum absolute atomic E-state index is 0.223. The Balaban J connectivity index is 1.92. The summed E-state index contributed by atoms with van der Waals surface area (Å²) in [6, 6.07) is 7.82. The number of ether oxygens (including phenoxy) is 2. The summed E-state index contributed by atoms with van der Waals surface area (Å²) in [5.41, 5.74) is 2.42. The third kappa shape index (κ3) is 5.14. The van der Waals surface area contributed by atoms with Crippen LogP contribution in [0.25, 0.3) is 0 Å². The normalized spacial score (nSPS) is 22.7. The maximum atomic E-state index is 12.7. The Kier molecular flexibility index (Phi) is 7.74. The number of hydrogen-bond donors (Lipinski definition) is 2. The highest BCUT2D eigenvalue weighted by Crippen LogP contribution is 2.32. The second-order valence-corrected chi connectivity index (χ2v) is 7.78. The first-order valence-corrected chi connectivity index (χ1v) is 10.9. The van der Waals surface area contributed by atoms with E-state index in [2.05, 4.69) is 27.7 Å². The van der Waals surface area contributed by atoms with Gasteiger partial charge in [0.25, 0.3) is 0 Å². The van der Waals surface area contributed by atoms with Crippen LogP contribution in [0.3, 0.4) is 0 Å². The number of benzene rings is 1. The summed E-state index contributed by atoms with van der Waals surface area (Å²) < 4.78 is 10.6. The van der Waals surface area contributed by atoms with E-state index in [4.69, 9.17) is 9.47 Å². The molecule has 0 aliphatic carbocycles. The summed E-state index contributed by atoms with van der Waals surface area (Å²) in [7, 11) is 1.67. The number of esters is 1. The van der Waals surface area contributed by atoms with Crippen molar-refractivity contribution in [3.05, 3.63) is 41.1 Å². The largest absolute Gasteiger partial charge is 0.497 e. The first-order valence-electron chi connectivity index (χ1n) is 10.9. The van der Waals surface area contributed by atoms with E-state index >= 15 is 0 Å². The fourth-order valence-electron chi connectivity index (χ4n) is 4.35. The Labute approximate surface area is 178 Å². The van der Waals surface area contributed by atoms with E-state index in [0.717, 1.165) is 31.6 Å². The van der Waals surface area contributed by atoms with Crippen LogP contribution in [0, 0.1) is 0 Å².